The average Bonchev–Trinajstić information content (AvgIpc) is 2.89. The second-order valence-electron chi connectivity index (χ2n) is 5.12. The number of aromatic carboxylic acids is 1. The molecule has 1 aliphatic rings. The maximum atomic E-state index is 12.6. The van der Waals surface area contributed by atoms with Crippen LogP contribution in [0.2, 0.25) is 0 Å². The van der Waals surface area contributed by atoms with Crippen LogP contribution in [0.3, 0.4) is 0 Å². The van der Waals surface area contributed by atoms with Crippen LogP contribution >= 0.6 is 0 Å². The SMILES string of the molecule is CC1COc2c(C(=O)c3ccccc3)ccc(C(=O)O)c21. The van der Waals surface area contributed by atoms with Crippen molar-refractivity contribution in [3.8, 4) is 5.75 Å². The van der Waals surface area contributed by atoms with Crippen LogP contribution in [0.1, 0.15) is 44.7 Å². The van der Waals surface area contributed by atoms with Gasteiger partial charge in [0.25, 0.3) is 0 Å². The van der Waals surface area contributed by atoms with Gasteiger partial charge < -0.3 is 9.84 Å². The molecule has 0 bridgehead atoms. The van der Waals surface area contributed by atoms with E-state index in [1.54, 1.807) is 24.3 Å². The lowest BCUT2D eigenvalue weighted by atomic mass is 9.92. The molecule has 0 spiro atoms. The van der Waals surface area contributed by atoms with Crippen molar-refractivity contribution >= 4 is 11.8 Å². The van der Waals surface area contributed by atoms with Crippen LogP contribution in [0.25, 0.3) is 0 Å². The van der Waals surface area contributed by atoms with Crippen LogP contribution in [-0.2, 0) is 0 Å². The van der Waals surface area contributed by atoms with Crippen LogP contribution in [0, 0.1) is 0 Å². The van der Waals surface area contributed by atoms with Gasteiger partial charge in [-0.1, -0.05) is 37.3 Å². The molecule has 0 saturated heterocycles. The van der Waals surface area contributed by atoms with Crippen LogP contribution in [0.15, 0.2) is 42.5 Å². The van der Waals surface area contributed by atoms with Crippen molar-refractivity contribution in [1.82, 2.24) is 0 Å². The van der Waals surface area contributed by atoms with Gasteiger partial charge in [0.05, 0.1) is 17.7 Å². The highest BCUT2D eigenvalue weighted by Gasteiger charge is 2.31. The van der Waals surface area contributed by atoms with Gasteiger partial charge in [-0.25, -0.2) is 4.79 Å². The monoisotopic (exact) mass is 282 g/mol. The van der Waals surface area contributed by atoms with Crippen molar-refractivity contribution in [2.75, 3.05) is 6.61 Å². The Morgan fingerprint density at radius 3 is 2.43 bits per heavy atom. The predicted molar refractivity (Wildman–Crippen MR) is 77.2 cm³/mol. The molecule has 106 valence electrons. The number of rotatable bonds is 3. The largest absolute Gasteiger partial charge is 0.492 e. The molecule has 1 heterocycles. The molecule has 1 N–H and O–H groups in total. The van der Waals surface area contributed by atoms with Crippen molar-refractivity contribution in [3.05, 3.63) is 64.7 Å². The summed E-state index contributed by atoms with van der Waals surface area (Å²) < 4.78 is 5.59. The van der Waals surface area contributed by atoms with Gasteiger partial charge in [-0.15, -0.1) is 0 Å². The van der Waals surface area contributed by atoms with Crippen LogP contribution in [0.5, 0.6) is 5.75 Å². The topological polar surface area (TPSA) is 63.6 Å². The van der Waals surface area contributed by atoms with E-state index in [0.29, 0.717) is 29.0 Å². The van der Waals surface area contributed by atoms with E-state index in [0.717, 1.165) is 0 Å². The summed E-state index contributed by atoms with van der Waals surface area (Å²) in [6, 6.07) is 11.9. The highest BCUT2D eigenvalue weighted by atomic mass is 16.5. The first-order valence-electron chi connectivity index (χ1n) is 6.72. The summed E-state index contributed by atoms with van der Waals surface area (Å²) in [6.45, 7) is 2.30. The minimum atomic E-state index is -0.998. The Balaban J connectivity index is 2.14. The van der Waals surface area contributed by atoms with Gasteiger partial charge in [-0.2, -0.15) is 0 Å². The zero-order chi connectivity index (χ0) is 15.0. The van der Waals surface area contributed by atoms with E-state index in [1.807, 2.05) is 13.0 Å². The molecule has 0 amide bonds. The van der Waals surface area contributed by atoms with E-state index in [1.165, 1.54) is 12.1 Å². The van der Waals surface area contributed by atoms with Gasteiger partial charge in [-0.05, 0) is 12.1 Å². The fraction of sp³-hybridized carbons (Fsp3) is 0.176. The van der Waals surface area contributed by atoms with Gasteiger partial charge in [0.15, 0.2) is 5.78 Å². The smallest absolute Gasteiger partial charge is 0.336 e. The molecule has 4 heteroatoms. The zero-order valence-corrected chi connectivity index (χ0v) is 11.5. The first-order chi connectivity index (χ1) is 10.1. The Bertz CT molecular complexity index is 719. The van der Waals surface area contributed by atoms with Crippen molar-refractivity contribution in [1.29, 1.82) is 0 Å². The van der Waals surface area contributed by atoms with Crippen molar-refractivity contribution in [2.24, 2.45) is 0 Å². The first kappa shape index (κ1) is 13.4. The maximum Gasteiger partial charge on any atom is 0.336 e. The van der Waals surface area contributed by atoms with Crippen LogP contribution in [-0.4, -0.2) is 23.5 Å². The number of hydrogen-bond acceptors (Lipinski definition) is 3. The average molecular weight is 282 g/mol. The summed E-state index contributed by atoms with van der Waals surface area (Å²) in [4.78, 5) is 23.9. The highest BCUT2D eigenvalue weighted by molar-refractivity contribution is 6.11. The number of carbonyl (C=O) groups excluding carboxylic acids is 1. The van der Waals surface area contributed by atoms with E-state index in [4.69, 9.17) is 4.74 Å². The second-order valence-corrected chi connectivity index (χ2v) is 5.12. The van der Waals surface area contributed by atoms with E-state index >= 15 is 0 Å². The number of carbonyl (C=O) groups is 2. The summed E-state index contributed by atoms with van der Waals surface area (Å²) >= 11 is 0. The van der Waals surface area contributed by atoms with E-state index in [2.05, 4.69) is 0 Å². The molecule has 0 fully saturated rings. The molecule has 1 unspecified atom stereocenters. The van der Waals surface area contributed by atoms with Crippen molar-refractivity contribution in [2.45, 2.75) is 12.8 Å². The molecule has 3 rings (SSSR count). The number of ether oxygens (including phenoxy) is 1. The second kappa shape index (κ2) is 5.05. The van der Waals surface area contributed by atoms with Crippen molar-refractivity contribution in [3.63, 3.8) is 0 Å². The minimum Gasteiger partial charge on any atom is -0.492 e. The van der Waals surface area contributed by atoms with Crippen LogP contribution in [0.4, 0.5) is 0 Å². The predicted octanol–water partition coefficient (Wildman–Crippen LogP) is 3.11. The van der Waals surface area contributed by atoms with E-state index < -0.39 is 5.97 Å². The standard InChI is InChI=1S/C17H14O4/c1-10-9-21-16-13(8-7-12(14(10)16)17(19)20)15(18)11-5-3-2-4-6-11/h2-8,10H,9H2,1H3,(H,19,20). The molecule has 0 radical (unpaired) electrons. The normalized spacial score (nSPS) is 16.1. The van der Waals surface area contributed by atoms with Crippen LogP contribution < -0.4 is 4.74 Å². The summed E-state index contributed by atoms with van der Waals surface area (Å²) in [6.07, 6.45) is 0. The summed E-state index contributed by atoms with van der Waals surface area (Å²) in [5.74, 6) is -0.772. The number of fused-ring (bicyclic) bond motifs is 1. The maximum absolute atomic E-state index is 12.6. The Kier molecular flexibility index (Phi) is 3.22. The molecule has 0 aliphatic carbocycles. The number of benzene rings is 2. The number of hydrogen-bond donors (Lipinski definition) is 1. The lowest BCUT2D eigenvalue weighted by molar-refractivity contribution is 0.0695. The molecular weight excluding hydrogens is 268 g/mol. The van der Waals surface area contributed by atoms with Gasteiger partial charge >= 0.3 is 5.97 Å². The fourth-order valence-electron chi connectivity index (χ4n) is 2.65. The molecule has 2 aromatic carbocycles. The number of carboxylic acids is 1. The third-order valence-corrected chi connectivity index (χ3v) is 3.68. The lowest BCUT2D eigenvalue weighted by Gasteiger charge is -2.10. The minimum absolute atomic E-state index is 0.0328. The number of ketones is 1. The third-order valence-electron chi connectivity index (χ3n) is 3.68. The van der Waals surface area contributed by atoms with Gasteiger partial charge in [0.1, 0.15) is 5.75 Å². The molecule has 1 atom stereocenters. The fourth-order valence-corrected chi connectivity index (χ4v) is 2.65. The molecule has 0 saturated carbocycles. The summed E-state index contributed by atoms with van der Waals surface area (Å²) in [5.41, 5.74) is 1.81. The molecular formula is C17H14O4. The quantitative estimate of drug-likeness (QED) is 0.878. The molecule has 21 heavy (non-hydrogen) atoms. The molecule has 0 aromatic heterocycles. The third kappa shape index (κ3) is 2.18. The Hall–Kier alpha value is -2.62. The Morgan fingerprint density at radius 2 is 1.76 bits per heavy atom. The van der Waals surface area contributed by atoms with E-state index in [-0.39, 0.29) is 17.3 Å². The molecule has 1 aliphatic heterocycles. The summed E-state index contributed by atoms with van der Waals surface area (Å²) in [5, 5.41) is 9.27. The summed E-state index contributed by atoms with van der Waals surface area (Å²) in [7, 11) is 0. The van der Waals surface area contributed by atoms with Gasteiger partial charge in [0, 0.05) is 17.0 Å². The van der Waals surface area contributed by atoms with E-state index in [9.17, 15) is 14.7 Å². The molecule has 4 nitrogen and oxygen atoms in total. The van der Waals surface area contributed by atoms with Gasteiger partial charge in [0.2, 0.25) is 0 Å². The Morgan fingerprint density at radius 1 is 1.10 bits per heavy atom. The van der Waals surface area contributed by atoms with Crippen molar-refractivity contribution < 1.29 is 19.4 Å². The first-order valence-corrected chi connectivity index (χ1v) is 6.72. The lowest BCUT2D eigenvalue weighted by Crippen LogP contribution is -2.07. The zero-order valence-electron chi connectivity index (χ0n) is 11.5. The number of carboxylic acid groups (broad SMARTS) is 1. The van der Waals surface area contributed by atoms with Gasteiger partial charge in [-0.3, -0.25) is 4.79 Å². The molecule has 2 aromatic rings. The Labute approximate surface area is 122 Å². The highest BCUT2D eigenvalue weighted by Crippen LogP contribution is 2.40.